The minimum absolute atomic E-state index is 0.0204. The van der Waals surface area contributed by atoms with Crippen LogP contribution in [0, 0.1) is 5.82 Å². The number of carbonyl (C=O) groups excluding carboxylic acids is 1. The van der Waals surface area contributed by atoms with E-state index in [9.17, 15) is 9.18 Å². The summed E-state index contributed by atoms with van der Waals surface area (Å²) in [7, 11) is 0. The molecule has 0 aliphatic carbocycles. The van der Waals surface area contributed by atoms with Crippen LogP contribution in [0.2, 0.25) is 0 Å². The van der Waals surface area contributed by atoms with Gasteiger partial charge in [0, 0.05) is 23.8 Å². The predicted molar refractivity (Wildman–Crippen MR) is 83.7 cm³/mol. The van der Waals surface area contributed by atoms with Gasteiger partial charge in [0.1, 0.15) is 0 Å². The van der Waals surface area contributed by atoms with Gasteiger partial charge in [-0.3, -0.25) is 4.79 Å². The van der Waals surface area contributed by atoms with Gasteiger partial charge >= 0.3 is 0 Å². The largest absolute Gasteiger partial charge is 0.368 e. The molecule has 4 nitrogen and oxygen atoms in total. The topological polar surface area (TPSA) is 54.0 Å². The van der Waals surface area contributed by atoms with Crippen molar-refractivity contribution in [3.63, 3.8) is 0 Å². The summed E-state index contributed by atoms with van der Waals surface area (Å²) >= 11 is 3.40. The maximum Gasteiger partial charge on any atom is 0.254 e. The fourth-order valence-corrected chi connectivity index (χ4v) is 2.25. The van der Waals surface area contributed by atoms with E-state index in [0.717, 1.165) is 10.0 Å². The monoisotopic (exact) mass is 351 g/mol. The molecule has 1 heterocycles. The zero-order valence-electron chi connectivity index (χ0n) is 11.5. The molecule has 6 heteroatoms. The fourth-order valence-electron chi connectivity index (χ4n) is 1.82. The molecule has 2 rings (SSSR count). The summed E-state index contributed by atoms with van der Waals surface area (Å²) in [6, 6.07) is 8.91. The number of rotatable bonds is 5. The Balaban J connectivity index is 2.11. The molecule has 1 aromatic carbocycles. The van der Waals surface area contributed by atoms with E-state index >= 15 is 0 Å². The molecule has 2 N–H and O–H groups in total. The summed E-state index contributed by atoms with van der Waals surface area (Å²) in [5.74, 6) is -1.01. The van der Waals surface area contributed by atoms with Gasteiger partial charge in [0.15, 0.2) is 11.6 Å². The van der Waals surface area contributed by atoms with E-state index in [4.69, 9.17) is 0 Å². The molecule has 0 radical (unpaired) electrons. The predicted octanol–water partition coefficient (Wildman–Crippen LogP) is 3.35. The van der Waals surface area contributed by atoms with Crippen molar-refractivity contribution >= 4 is 27.7 Å². The van der Waals surface area contributed by atoms with Crippen molar-refractivity contribution in [3.8, 4) is 0 Å². The second kappa shape index (κ2) is 7.17. The van der Waals surface area contributed by atoms with Crippen LogP contribution < -0.4 is 10.6 Å². The van der Waals surface area contributed by atoms with Crippen molar-refractivity contribution in [2.24, 2.45) is 0 Å². The first-order valence-corrected chi connectivity index (χ1v) is 7.32. The molecule has 0 bridgehead atoms. The molecule has 0 aliphatic heterocycles. The number of pyridine rings is 1. The number of nitrogens with one attached hydrogen (secondary N) is 2. The number of nitrogens with zero attached hydrogens (tertiary/aromatic N) is 1. The van der Waals surface area contributed by atoms with Gasteiger partial charge in [-0.1, -0.05) is 34.1 Å². The summed E-state index contributed by atoms with van der Waals surface area (Å²) < 4.78 is 15.0. The number of hydrogen-bond acceptors (Lipinski definition) is 3. The van der Waals surface area contributed by atoms with Crippen LogP contribution in [0.4, 0.5) is 10.2 Å². The number of hydrogen-bond donors (Lipinski definition) is 2. The Morgan fingerprint density at radius 1 is 1.33 bits per heavy atom. The van der Waals surface area contributed by atoms with Gasteiger partial charge in [-0.25, -0.2) is 9.37 Å². The average molecular weight is 352 g/mol. The number of benzene rings is 1. The van der Waals surface area contributed by atoms with Crippen LogP contribution >= 0.6 is 15.9 Å². The van der Waals surface area contributed by atoms with Crippen LogP contribution in [0.1, 0.15) is 22.8 Å². The van der Waals surface area contributed by atoms with E-state index in [2.05, 4.69) is 31.5 Å². The first kappa shape index (κ1) is 15.4. The summed E-state index contributed by atoms with van der Waals surface area (Å²) in [4.78, 5) is 16.0. The Kier molecular flexibility index (Phi) is 5.27. The van der Waals surface area contributed by atoms with Crippen molar-refractivity contribution in [1.82, 2.24) is 10.3 Å². The quantitative estimate of drug-likeness (QED) is 0.868. The van der Waals surface area contributed by atoms with Gasteiger partial charge < -0.3 is 10.6 Å². The third-order valence-corrected chi connectivity index (χ3v) is 3.65. The second-order valence-corrected chi connectivity index (χ2v) is 5.18. The number of aromatic nitrogens is 1. The molecule has 21 heavy (non-hydrogen) atoms. The zero-order valence-corrected chi connectivity index (χ0v) is 13.1. The van der Waals surface area contributed by atoms with Gasteiger partial charge in [0.2, 0.25) is 0 Å². The zero-order chi connectivity index (χ0) is 15.2. The van der Waals surface area contributed by atoms with Gasteiger partial charge in [-0.15, -0.1) is 0 Å². The molecule has 0 spiro atoms. The minimum atomic E-state index is -0.635. The maximum atomic E-state index is 14.1. The Hall–Kier alpha value is -1.95. The lowest BCUT2D eigenvalue weighted by Gasteiger charge is -2.10. The lowest BCUT2D eigenvalue weighted by atomic mass is 10.2. The van der Waals surface area contributed by atoms with Gasteiger partial charge in [0.05, 0.1) is 5.56 Å². The minimum Gasteiger partial charge on any atom is -0.368 e. The van der Waals surface area contributed by atoms with Crippen LogP contribution in [0.5, 0.6) is 0 Å². The molecule has 0 saturated heterocycles. The molecular formula is C15H15BrFN3O. The summed E-state index contributed by atoms with van der Waals surface area (Å²) in [5, 5.41) is 5.48. The van der Waals surface area contributed by atoms with Crippen molar-refractivity contribution in [1.29, 1.82) is 0 Å². The maximum absolute atomic E-state index is 14.1. The number of anilines is 1. The lowest BCUT2D eigenvalue weighted by molar-refractivity contribution is 0.0946. The third-order valence-electron chi connectivity index (χ3n) is 2.88. The number of halogens is 2. The number of amides is 1. The van der Waals surface area contributed by atoms with Crippen LogP contribution in [0.15, 0.2) is 41.0 Å². The standard InChI is InChI=1S/C15H15BrFN3O/c1-2-18-14-13(17)11(7-8-19-14)15(21)20-9-10-5-3-4-6-12(10)16/h3-8H,2,9H2,1H3,(H,18,19)(H,20,21). The van der Waals surface area contributed by atoms with Crippen molar-refractivity contribution in [3.05, 3.63) is 57.9 Å². The van der Waals surface area contributed by atoms with Crippen LogP contribution in [0.25, 0.3) is 0 Å². The Labute approximate surface area is 130 Å². The highest BCUT2D eigenvalue weighted by molar-refractivity contribution is 9.10. The second-order valence-electron chi connectivity index (χ2n) is 4.33. The fraction of sp³-hybridized carbons (Fsp3) is 0.200. The molecule has 2 aromatic rings. The van der Waals surface area contributed by atoms with Crippen molar-refractivity contribution < 1.29 is 9.18 Å². The lowest BCUT2D eigenvalue weighted by Crippen LogP contribution is -2.24. The van der Waals surface area contributed by atoms with E-state index in [1.807, 2.05) is 31.2 Å². The summed E-state index contributed by atoms with van der Waals surface area (Å²) in [6.45, 7) is 2.69. The third kappa shape index (κ3) is 3.78. The first-order valence-electron chi connectivity index (χ1n) is 6.53. The highest BCUT2D eigenvalue weighted by atomic mass is 79.9. The van der Waals surface area contributed by atoms with E-state index in [0.29, 0.717) is 13.1 Å². The molecule has 0 saturated carbocycles. The SMILES string of the molecule is CCNc1nccc(C(=O)NCc2ccccc2Br)c1F. The first-order chi connectivity index (χ1) is 10.1. The molecule has 0 atom stereocenters. The molecule has 110 valence electrons. The normalized spacial score (nSPS) is 10.2. The summed E-state index contributed by atoms with van der Waals surface area (Å²) in [6.07, 6.45) is 1.41. The molecule has 0 fully saturated rings. The van der Waals surface area contributed by atoms with E-state index in [1.54, 1.807) is 0 Å². The molecule has 1 amide bonds. The van der Waals surface area contributed by atoms with Crippen LogP contribution in [-0.2, 0) is 6.54 Å². The van der Waals surface area contributed by atoms with Gasteiger partial charge in [-0.05, 0) is 24.6 Å². The van der Waals surface area contributed by atoms with E-state index < -0.39 is 11.7 Å². The molecule has 0 unspecified atom stereocenters. The average Bonchev–Trinajstić information content (AvgIpc) is 2.48. The highest BCUT2D eigenvalue weighted by Crippen LogP contribution is 2.17. The van der Waals surface area contributed by atoms with Crippen LogP contribution in [-0.4, -0.2) is 17.4 Å². The highest BCUT2D eigenvalue weighted by Gasteiger charge is 2.15. The van der Waals surface area contributed by atoms with Crippen molar-refractivity contribution in [2.45, 2.75) is 13.5 Å². The smallest absolute Gasteiger partial charge is 0.254 e. The summed E-state index contributed by atoms with van der Waals surface area (Å²) in [5.41, 5.74) is 0.903. The van der Waals surface area contributed by atoms with E-state index in [1.165, 1.54) is 12.3 Å². The van der Waals surface area contributed by atoms with E-state index in [-0.39, 0.29) is 11.4 Å². The molecule has 1 aromatic heterocycles. The Bertz CT molecular complexity index is 649. The van der Waals surface area contributed by atoms with Crippen LogP contribution in [0.3, 0.4) is 0 Å². The number of carbonyl (C=O) groups is 1. The Morgan fingerprint density at radius 3 is 2.81 bits per heavy atom. The molecular weight excluding hydrogens is 337 g/mol. The van der Waals surface area contributed by atoms with Gasteiger partial charge in [0.25, 0.3) is 5.91 Å². The van der Waals surface area contributed by atoms with Gasteiger partial charge in [-0.2, -0.15) is 0 Å². The Morgan fingerprint density at radius 2 is 2.10 bits per heavy atom. The van der Waals surface area contributed by atoms with Crippen molar-refractivity contribution in [2.75, 3.05) is 11.9 Å². The molecule has 0 aliphatic rings.